The third kappa shape index (κ3) is 1.99. The molecular formula is C9H13BrN2. The van der Waals surface area contributed by atoms with Crippen molar-refractivity contribution in [3.63, 3.8) is 0 Å². The van der Waals surface area contributed by atoms with Gasteiger partial charge in [-0.3, -0.25) is 0 Å². The van der Waals surface area contributed by atoms with Crippen molar-refractivity contribution in [1.29, 1.82) is 0 Å². The maximum absolute atomic E-state index is 5.54. The van der Waals surface area contributed by atoms with Crippen molar-refractivity contribution in [3.05, 3.63) is 28.2 Å². The van der Waals surface area contributed by atoms with Crippen LogP contribution in [0.4, 0.5) is 5.69 Å². The average Bonchev–Trinajstić information content (AvgIpc) is 2.05. The first kappa shape index (κ1) is 9.55. The molecule has 0 heterocycles. The summed E-state index contributed by atoms with van der Waals surface area (Å²) in [5.74, 6) is 0. The Morgan fingerprint density at radius 1 is 1.42 bits per heavy atom. The van der Waals surface area contributed by atoms with Crippen molar-refractivity contribution in [2.45, 2.75) is 6.54 Å². The topological polar surface area (TPSA) is 29.3 Å². The molecule has 1 rings (SSSR count). The van der Waals surface area contributed by atoms with E-state index in [0.717, 1.165) is 15.7 Å². The van der Waals surface area contributed by atoms with Crippen LogP contribution in [0.3, 0.4) is 0 Å². The van der Waals surface area contributed by atoms with Crippen LogP contribution in [0.1, 0.15) is 5.56 Å². The number of nitrogens with two attached hydrogens (primary N) is 1. The summed E-state index contributed by atoms with van der Waals surface area (Å²) in [6.07, 6.45) is 0. The Balaban J connectivity index is 3.08. The van der Waals surface area contributed by atoms with E-state index in [1.807, 2.05) is 26.2 Å². The molecule has 1 aromatic rings. The maximum atomic E-state index is 5.54. The van der Waals surface area contributed by atoms with Crippen LogP contribution in [0.25, 0.3) is 0 Å². The van der Waals surface area contributed by atoms with Crippen molar-refractivity contribution < 1.29 is 0 Å². The fourth-order valence-corrected chi connectivity index (χ4v) is 1.63. The molecule has 3 heteroatoms. The molecule has 12 heavy (non-hydrogen) atoms. The van der Waals surface area contributed by atoms with Crippen molar-refractivity contribution in [1.82, 2.24) is 0 Å². The van der Waals surface area contributed by atoms with E-state index in [1.165, 1.54) is 0 Å². The van der Waals surface area contributed by atoms with E-state index in [-0.39, 0.29) is 0 Å². The van der Waals surface area contributed by atoms with E-state index in [4.69, 9.17) is 5.73 Å². The molecule has 0 amide bonds. The largest absolute Gasteiger partial charge is 0.377 e. The van der Waals surface area contributed by atoms with Gasteiger partial charge in [-0.1, -0.05) is 6.07 Å². The monoisotopic (exact) mass is 228 g/mol. The fraction of sp³-hybridized carbons (Fsp3) is 0.333. The van der Waals surface area contributed by atoms with Crippen LogP contribution in [0, 0.1) is 0 Å². The second-order valence-electron chi connectivity index (χ2n) is 2.88. The zero-order valence-electron chi connectivity index (χ0n) is 7.34. The van der Waals surface area contributed by atoms with E-state index in [2.05, 4.69) is 26.9 Å². The fourth-order valence-electron chi connectivity index (χ4n) is 1.03. The van der Waals surface area contributed by atoms with Gasteiger partial charge in [-0.15, -0.1) is 0 Å². The van der Waals surface area contributed by atoms with Crippen LogP contribution in [-0.2, 0) is 6.54 Å². The Morgan fingerprint density at radius 3 is 2.58 bits per heavy atom. The first-order chi connectivity index (χ1) is 5.65. The molecule has 1 aromatic carbocycles. The van der Waals surface area contributed by atoms with Gasteiger partial charge in [0.15, 0.2) is 0 Å². The molecule has 2 nitrogen and oxygen atoms in total. The Kier molecular flexibility index (Phi) is 3.12. The summed E-state index contributed by atoms with van der Waals surface area (Å²) in [5.41, 5.74) is 7.85. The summed E-state index contributed by atoms with van der Waals surface area (Å²) in [4.78, 5) is 2.06. The second kappa shape index (κ2) is 3.92. The van der Waals surface area contributed by atoms with Crippen LogP contribution >= 0.6 is 15.9 Å². The SMILES string of the molecule is CN(C)c1cc(CN)ccc1Br. The minimum Gasteiger partial charge on any atom is -0.377 e. The standard InChI is InChI=1S/C9H13BrN2/c1-12(2)9-5-7(6-11)3-4-8(9)10/h3-5H,6,11H2,1-2H3. The molecule has 0 fully saturated rings. The van der Waals surface area contributed by atoms with E-state index in [1.54, 1.807) is 0 Å². The van der Waals surface area contributed by atoms with Crippen molar-refractivity contribution in [2.75, 3.05) is 19.0 Å². The lowest BCUT2D eigenvalue weighted by atomic mass is 10.2. The van der Waals surface area contributed by atoms with Crippen molar-refractivity contribution in [3.8, 4) is 0 Å². The summed E-state index contributed by atoms with van der Waals surface area (Å²) in [5, 5.41) is 0. The number of nitrogens with zero attached hydrogens (tertiary/aromatic N) is 1. The van der Waals surface area contributed by atoms with Gasteiger partial charge in [0.1, 0.15) is 0 Å². The van der Waals surface area contributed by atoms with Gasteiger partial charge >= 0.3 is 0 Å². The highest BCUT2D eigenvalue weighted by atomic mass is 79.9. The molecule has 0 saturated carbocycles. The quantitative estimate of drug-likeness (QED) is 0.840. The van der Waals surface area contributed by atoms with Gasteiger partial charge < -0.3 is 10.6 Å². The molecule has 0 unspecified atom stereocenters. The summed E-state index contributed by atoms with van der Waals surface area (Å²) >= 11 is 3.48. The first-order valence-electron chi connectivity index (χ1n) is 3.81. The van der Waals surface area contributed by atoms with Crippen LogP contribution in [0.5, 0.6) is 0 Å². The highest BCUT2D eigenvalue weighted by Crippen LogP contribution is 2.25. The first-order valence-corrected chi connectivity index (χ1v) is 4.60. The summed E-state index contributed by atoms with van der Waals surface area (Å²) in [6, 6.07) is 6.14. The number of anilines is 1. The normalized spacial score (nSPS) is 10.0. The van der Waals surface area contributed by atoms with Crippen LogP contribution < -0.4 is 10.6 Å². The van der Waals surface area contributed by atoms with Crippen LogP contribution in [0.15, 0.2) is 22.7 Å². The van der Waals surface area contributed by atoms with E-state index in [0.29, 0.717) is 6.54 Å². The van der Waals surface area contributed by atoms with Gasteiger partial charge in [0.25, 0.3) is 0 Å². The van der Waals surface area contributed by atoms with Gasteiger partial charge in [0.2, 0.25) is 0 Å². The van der Waals surface area contributed by atoms with Gasteiger partial charge in [-0.05, 0) is 33.6 Å². The van der Waals surface area contributed by atoms with E-state index < -0.39 is 0 Å². The van der Waals surface area contributed by atoms with Crippen molar-refractivity contribution >= 4 is 21.6 Å². The predicted octanol–water partition coefficient (Wildman–Crippen LogP) is 1.97. The number of halogens is 1. The lowest BCUT2D eigenvalue weighted by Crippen LogP contribution is -2.10. The molecule has 0 saturated heterocycles. The maximum Gasteiger partial charge on any atom is 0.0508 e. The molecule has 0 bridgehead atoms. The smallest absolute Gasteiger partial charge is 0.0508 e. The van der Waals surface area contributed by atoms with Crippen molar-refractivity contribution in [2.24, 2.45) is 5.73 Å². The lowest BCUT2D eigenvalue weighted by Gasteiger charge is -2.15. The number of rotatable bonds is 2. The third-order valence-corrected chi connectivity index (χ3v) is 2.40. The van der Waals surface area contributed by atoms with Gasteiger partial charge in [0, 0.05) is 25.1 Å². The summed E-state index contributed by atoms with van der Waals surface area (Å²) < 4.78 is 1.10. The molecule has 66 valence electrons. The number of hydrogen-bond acceptors (Lipinski definition) is 2. The average molecular weight is 229 g/mol. The molecule has 0 atom stereocenters. The minimum atomic E-state index is 0.591. The molecule has 0 aliphatic carbocycles. The van der Waals surface area contributed by atoms with E-state index in [9.17, 15) is 0 Å². The Morgan fingerprint density at radius 2 is 2.08 bits per heavy atom. The number of hydrogen-bond donors (Lipinski definition) is 1. The third-order valence-electron chi connectivity index (χ3n) is 1.73. The summed E-state index contributed by atoms with van der Waals surface area (Å²) in [6.45, 7) is 0.591. The summed E-state index contributed by atoms with van der Waals surface area (Å²) in [7, 11) is 4.03. The predicted molar refractivity (Wildman–Crippen MR) is 56.4 cm³/mol. The van der Waals surface area contributed by atoms with Gasteiger partial charge in [0.05, 0.1) is 5.69 Å². The molecular weight excluding hydrogens is 216 g/mol. The highest BCUT2D eigenvalue weighted by Gasteiger charge is 2.01. The second-order valence-corrected chi connectivity index (χ2v) is 3.74. The molecule has 0 aliphatic rings. The number of benzene rings is 1. The molecule has 0 aliphatic heterocycles. The Hall–Kier alpha value is -0.540. The Labute approximate surface area is 81.5 Å². The van der Waals surface area contributed by atoms with Gasteiger partial charge in [-0.25, -0.2) is 0 Å². The highest BCUT2D eigenvalue weighted by molar-refractivity contribution is 9.10. The zero-order valence-corrected chi connectivity index (χ0v) is 8.93. The van der Waals surface area contributed by atoms with Crippen LogP contribution in [-0.4, -0.2) is 14.1 Å². The van der Waals surface area contributed by atoms with Gasteiger partial charge in [-0.2, -0.15) is 0 Å². The molecule has 2 N–H and O–H groups in total. The Bertz CT molecular complexity index is 271. The molecule has 0 radical (unpaired) electrons. The minimum absolute atomic E-state index is 0.591. The molecule has 0 aromatic heterocycles. The van der Waals surface area contributed by atoms with E-state index >= 15 is 0 Å². The van der Waals surface area contributed by atoms with Crippen LogP contribution in [0.2, 0.25) is 0 Å². The molecule has 0 spiro atoms. The zero-order chi connectivity index (χ0) is 9.14. The lowest BCUT2D eigenvalue weighted by molar-refractivity contribution is 1.05.